The molecule has 21 heavy (non-hydrogen) atoms. The van der Waals surface area contributed by atoms with E-state index in [1.165, 1.54) is 0 Å². The van der Waals surface area contributed by atoms with Crippen LogP contribution in [0.1, 0.15) is 10.4 Å². The molecule has 0 aromatic heterocycles. The molecule has 0 aliphatic heterocycles. The number of hydrogen-bond acceptors (Lipinski definition) is 2. The average molecular weight is 484 g/mol. The van der Waals surface area contributed by atoms with Gasteiger partial charge in [-0.2, -0.15) is 8.78 Å². The maximum Gasteiger partial charge on any atom is 0.288 e. The van der Waals surface area contributed by atoms with Gasteiger partial charge in [0.1, 0.15) is 0 Å². The largest absolute Gasteiger partial charge is 0.321 e. The zero-order valence-corrected chi connectivity index (χ0v) is 15.0. The van der Waals surface area contributed by atoms with Crippen LogP contribution in [0.5, 0.6) is 0 Å². The minimum Gasteiger partial charge on any atom is -0.321 e. The highest BCUT2D eigenvalue weighted by Crippen LogP contribution is 2.32. The zero-order chi connectivity index (χ0) is 15.4. The summed E-state index contributed by atoms with van der Waals surface area (Å²) in [6.45, 7) is 0. The Bertz CT molecular complexity index is 669. The quantitative estimate of drug-likeness (QED) is 0.451. The van der Waals surface area contributed by atoms with Crippen molar-refractivity contribution >= 4 is 61.9 Å². The van der Waals surface area contributed by atoms with Gasteiger partial charge in [0.2, 0.25) is 0 Å². The Labute approximate surface area is 147 Å². The highest BCUT2D eigenvalue weighted by atomic mass is 127. The second-order valence-corrected chi connectivity index (χ2v) is 7.06. The molecule has 0 heterocycles. The van der Waals surface area contributed by atoms with Gasteiger partial charge in [-0.15, -0.1) is 0 Å². The molecule has 0 saturated heterocycles. The molecule has 1 amide bonds. The van der Waals surface area contributed by atoms with Gasteiger partial charge in [-0.1, -0.05) is 39.8 Å². The molecule has 0 radical (unpaired) electrons. The molecule has 110 valence electrons. The lowest BCUT2D eigenvalue weighted by atomic mass is 10.2. The number of para-hydroxylation sites is 1. The zero-order valence-electron chi connectivity index (χ0n) is 10.4. The lowest BCUT2D eigenvalue weighted by Gasteiger charge is -2.11. The summed E-state index contributed by atoms with van der Waals surface area (Å²) in [4.78, 5) is 12.6. The molecule has 0 aliphatic carbocycles. The Hall–Kier alpha value is -0.670. The smallest absolute Gasteiger partial charge is 0.288 e. The normalized spacial score (nSPS) is 10.7. The van der Waals surface area contributed by atoms with E-state index >= 15 is 0 Å². The molecular weight excluding hydrogens is 475 g/mol. The topological polar surface area (TPSA) is 29.1 Å². The third kappa shape index (κ3) is 4.65. The van der Waals surface area contributed by atoms with Crippen LogP contribution in [0.2, 0.25) is 0 Å². The van der Waals surface area contributed by atoms with E-state index in [1.54, 1.807) is 36.4 Å². The fraction of sp³-hybridized carbons (Fsp3) is 0.0714. The predicted molar refractivity (Wildman–Crippen MR) is 93.1 cm³/mol. The number of nitrogens with one attached hydrogen (secondary N) is 1. The van der Waals surface area contributed by atoms with E-state index in [2.05, 4.69) is 43.8 Å². The number of amides is 1. The molecule has 2 nitrogen and oxygen atoms in total. The first-order valence-corrected chi connectivity index (χ1v) is 8.53. The first kappa shape index (κ1) is 16.7. The molecule has 0 bridgehead atoms. The summed E-state index contributed by atoms with van der Waals surface area (Å²) >= 11 is 5.78. The molecular formula is C14H9BrF2INOS. The highest BCUT2D eigenvalue weighted by Gasteiger charge is 2.14. The lowest BCUT2D eigenvalue weighted by Crippen LogP contribution is -2.14. The SMILES string of the molecule is O=C(Nc1ccccc1SC(F)F)c1cc(Br)ccc1I. The van der Waals surface area contributed by atoms with Gasteiger partial charge in [0.25, 0.3) is 11.7 Å². The van der Waals surface area contributed by atoms with Gasteiger partial charge in [-0.25, -0.2) is 0 Å². The van der Waals surface area contributed by atoms with Crippen molar-refractivity contribution in [1.82, 2.24) is 0 Å². The van der Waals surface area contributed by atoms with Crippen molar-refractivity contribution in [1.29, 1.82) is 0 Å². The van der Waals surface area contributed by atoms with Gasteiger partial charge in [0.15, 0.2) is 0 Å². The summed E-state index contributed by atoms with van der Waals surface area (Å²) in [6, 6.07) is 11.8. The monoisotopic (exact) mass is 483 g/mol. The van der Waals surface area contributed by atoms with Crippen molar-refractivity contribution in [2.24, 2.45) is 0 Å². The number of hydrogen-bond donors (Lipinski definition) is 1. The molecule has 0 unspecified atom stereocenters. The van der Waals surface area contributed by atoms with Crippen molar-refractivity contribution < 1.29 is 13.6 Å². The van der Waals surface area contributed by atoms with E-state index < -0.39 is 5.76 Å². The number of rotatable bonds is 4. The molecule has 2 aromatic carbocycles. The van der Waals surface area contributed by atoms with Crippen LogP contribution in [0.3, 0.4) is 0 Å². The van der Waals surface area contributed by atoms with Crippen LogP contribution >= 0.6 is 50.3 Å². The van der Waals surface area contributed by atoms with Crippen molar-refractivity contribution in [3.8, 4) is 0 Å². The Kier molecular flexibility index (Phi) is 6.00. The lowest BCUT2D eigenvalue weighted by molar-refractivity contribution is 0.102. The second-order valence-electron chi connectivity index (χ2n) is 3.95. The second kappa shape index (κ2) is 7.55. The summed E-state index contributed by atoms with van der Waals surface area (Å²) in [6.07, 6.45) is 0. The fourth-order valence-corrected chi connectivity index (χ4v) is 3.17. The van der Waals surface area contributed by atoms with Gasteiger partial charge in [-0.05, 0) is 52.9 Å². The van der Waals surface area contributed by atoms with Gasteiger partial charge >= 0.3 is 0 Å². The highest BCUT2D eigenvalue weighted by molar-refractivity contribution is 14.1. The van der Waals surface area contributed by atoms with E-state index in [0.29, 0.717) is 27.9 Å². The summed E-state index contributed by atoms with van der Waals surface area (Å²) < 4.78 is 26.6. The van der Waals surface area contributed by atoms with E-state index in [4.69, 9.17) is 0 Å². The Morgan fingerprint density at radius 2 is 1.95 bits per heavy atom. The summed E-state index contributed by atoms with van der Waals surface area (Å²) in [5, 5.41) is 2.68. The number of thioether (sulfide) groups is 1. The van der Waals surface area contributed by atoms with E-state index in [9.17, 15) is 13.6 Å². The van der Waals surface area contributed by atoms with Crippen LogP contribution in [0.4, 0.5) is 14.5 Å². The first-order chi connectivity index (χ1) is 9.97. The summed E-state index contributed by atoms with van der Waals surface area (Å²) in [7, 11) is 0. The number of carbonyl (C=O) groups is 1. The van der Waals surface area contributed by atoms with Crippen LogP contribution in [0.25, 0.3) is 0 Å². The van der Waals surface area contributed by atoms with Gasteiger partial charge < -0.3 is 5.32 Å². The maximum absolute atomic E-state index is 12.5. The molecule has 0 saturated carbocycles. The van der Waals surface area contributed by atoms with Crippen molar-refractivity contribution in [2.45, 2.75) is 10.7 Å². The summed E-state index contributed by atoms with van der Waals surface area (Å²) in [5.74, 6) is -2.86. The van der Waals surface area contributed by atoms with Crippen LogP contribution in [-0.4, -0.2) is 11.7 Å². The maximum atomic E-state index is 12.5. The van der Waals surface area contributed by atoms with Gasteiger partial charge in [0, 0.05) is 12.9 Å². The minimum absolute atomic E-state index is 0.331. The Morgan fingerprint density at radius 3 is 2.67 bits per heavy atom. The molecule has 1 N–H and O–H groups in total. The molecule has 2 rings (SSSR count). The van der Waals surface area contributed by atoms with Crippen molar-refractivity contribution in [2.75, 3.05) is 5.32 Å². The van der Waals surface area contributed by atoms with Crippen LogP contribution in [0.15, 0.2) is 51.8 Å². The number of alkyl halides is 2. The molecule has 0 fully saturated rings. The molecule has 0 spiro atoms. The third-order valence-electron chi connectivity index (χ3n) is 2.52. The van der Waals surface area contributed by atoms with E-state index in [-0.39, 0.29) is 5.91 Å². The summed E-state index contributed by atoms with van der Waals surface area (Å²) in [5.41, 5.74) is 0.866. The Balaban J connectivity index is 2.25. The fourth-order valence-electron chi connectivity index (χ4n) is 1.63. The first-order valence-electron chi connectivity index (χ1n) is 5.77. The standard InChI is InChI=1S/C14H9BrF2INOS/c15-8-5-6-10(18)9(7-8)13(20)19-11-3-1-2-4-12(11)21-14(16)17/h1-7,14H,(H,19,20). The number of benzene rings is 2. The molecule has 0 aliphatic rings. The van der Waals surface area contributed by atoms with Crippen LogP contribution < -0.4 is 5.32 Å². The van der Waals surface area contributed by atoms with Gasteiger partial charge in [-0.3, -0.25) is 4.79 Å². The minimum atomic E-state index is -2.53. The number of anilines is 1. The van der Waals surface area contributed by atoms with Gasteiger partial charge in [0.05, 0.1) is 11.3 Å². The van der Waals surface area contributed by atoms with E-state index in [0.717, 1.165) is 8.04 Å². The molecule has 0 atom stereocenters. The Morgan fingerprint density at radius 1 is 1.24 bits per heavy atom. The number of carbonyl (C=O) groups excluding carboxylic acids is 1. The van der Waals surface area contributed by atoms with Crippen molar-refractivity contribution in [3.05, 3.63) is 56.1 Å². The number of halogens is 4. The van der Waals surface area contributed by atoms with Crippen LogP contribution in [-0.2, 0) is 0 Å². The average Bonchev–Trinajstić information content (AvgIpc) is 2.43. The predicted octanol–water partition coefficient (Wildman–Crippen LogP) is 5.62. The van der Waals surface area contributed by atoms with Crippen molar-refractivity contribution in [3.63, 3.8) is 0 Å². The van der Waals surface area contributed by atoms with E-state index in [1.807, 2.05) is 6.07 Å². The molecule has 7 heteroatoms. The molecule has 2 aromatic rings. The van der Waals surface area contributed by atoms with Crippen LogP contribution in [0, 0.1) is 3.57 Å². The third-order valence-corrected chi connectivity index (χ3v) is 4.75.